The molecule has 1 N–H and O–H groups in total. The Labute approximate surface area is 129 Å². The van der Waals surface area contributed by atoms with E-state index in [4.69, 9.17) is 4.74 Å². The lowest BCUT2D eigenvalue weighted by Crippen LogP contribution is -2.31. The maximum atomic E-state index is 12.0. The van der Waals surface area contributed by atoms with Crippen LogP contribution in [0, 0.1) is 11.3 Å². The van der Waals surface area contributed by atoms with Gasteiger partial charge in [0, 0.05) is 17.9 Å². The summed E-state index contributed by atoms with van der Waals surface area (Å²) in [5.41, 5.74) is 1.51. The first kappa shape index (κ1) is 15.5. The minimum Gasteiger partial charge on any atom is -0.496 e. The molecule has 0 saturated heterocycles. The zero-order valence-corrected chi connectivity index (χ0v) is 13.0. The number of methoxy groups -OCH3 is 1. The fraction of sp³-hybridized carbons (Fsp3) is 0.375. The quantitative estimate of drug-likeness (QED) is 0.907. The maximum Gasteiger partial charge on any atom is 0.225 e. The van der Waals surface area contributed by atoms with Crippen LogP contribution in [0.15, 0.2) is 34.9 Å². The molecule has 110 valence electrons. The van der Waals surface area contributed by atoms with Gasteiger partial charge in [-0.3, -0.25) is 4.79 Å². The van der Waals surface area contributed by atoms with Crippen LogP contribution in [0.25, 0.3) is 0 Å². The van der Waals surface area contributed by atoms with Crippen molar-refractivity contribution in [3.63, 3.8) is 0 Å². The fourth-order valence-corrected chi connectivity index (χ4v) is 3.29. The average molecular weight is 302 g/mol. The summed E-state index contributed by atoms with van der Waals surface area (Å²) in [4.78, 5) is 12.0. The molecule has 4 nitrogen and oxygen atoms in total. The highest BCUT2D eigenvalue weighted by molar-refractivity contribution is 8.03. The molecule has 1 aromatic rings. The number of nitrogens with zero attached hydrogens (tertiary/aromatic N) is 1. The maximum absolute atomic E-state index is 12.0. The predicted octanol–water partition coefficient (Wildman–Crippen LogP) is 3.18. The van der Waals surface area contributed by atoms with E-state index in [0.29, 0.717) is 16.4 Å². The van der Waals surface area contributed by atoms with Gasteiger partial charge in [0.05, 0.1) is 23.8 Å². The van der Waals surface area contributed by atoms with Gasteiger partial charge in [0.1, 0.15) is 5.75 Å². The summed E-state index contributed by atoms with van der Waals surface area (Å²) in [5, 5.41) is 13.0. The van der Waals surface area contributed by atoms with Crippen molar-refractivity contribution in [1.29, 1.82) is 5.26 Å². The third-order valence-electron chi connectivity index (χ3n) is 3.32. The molecule has 5 heteroatoms. The van der Waals surface area contributed by atoms with Crippen LogP contribution in [-0.4, -0.2) is 18.8 Å². The number of benzene rings is 1. The lowest BCUT2D eigenvalue weighted by molar-refractivity contribution is -0.120. The first-order valence-corrected chi connectivity index (χ1v) is 7.89. The molecule has 2 rings (SSSR count). The first-order valence-electron chi connectivity index (χ1n) is 6.91. The van der Waals surface area contributed by atoms with Crippen molar-refractivity contribution in [2.75, 3.05) is 12.9 Å². The van der Waals surface area contributed by atoms with E-state index in [0.717, 1.165) is 17.7 Å². The summed E-state index contributed by atoms with van der Waals surface area (Å²) < 4.78 is 5.37. The Balaban J connectivity index is 2.45. The monoisotopic (exact) mass is 302 g/mol. The number of amides is 1. The lowest BCUT2D eigenvalue weighted by Gasteiger charge is -2.26. The van der Waals surface area contributed by atoms with E-state index >= 15 is 0 Å². The van der Waals surface area contributed by atoms with Crippen molar-refractivity contribution < 1.29 is 9.53 Å². The zero-order chi connectivity index (χ0) is 15.2. The number of ether oxygens (including phenoxy) is 1. The van der Waals surface area contributed by atoms with Gasteiger partial charge in [0.25, 0.3) is 0 Å². The summed E-state index contributed by atoms with van der Waals surface area (Å²) in [6.45, 7) is 2.07. The van der Waals surface area contributed by atoms with Gasteiger partial charge >= 0.3 is 0 Å². The van der Waals surface area contributed by atoms with E-state index < -0.39 is 0 Å². The Morgan fingerprint density at radius 3 is 2.90 bits per heavy atom. The minimum atomic E-state index is -0.237. The number of carbonyl (C=O) groups is 1. The summed E-state index contributed by atoms with van der Waals surface area (Å²) in [7, 11) is 1.60. The summed E-state index contributed by atoms with van der Waals surface area (Å²) >= 11 is 1.53. The summed E-state index contributed by atoms with van der Waals surface area (Å²) in [6.07, 6.45) is 1.27. The second-order valence-corrected chi connectivity index (χ2v) is 5.86. The highest BCUT2D eigenvalue weighted by Crippen LogP contribution is 2.39. The third kappa shape index (κ3) is 3.40. The van der Waals surface area contributed by atoms with Crippen LogP contribution in [0.3, 0.4) is 0 Å². The van der Waals surface area contributed by atoms with Crippen molar-refractivity contribution >= 4 is 17.7 Å². The molecule has 1 aliphatic heterocycles. The van der Waals surface area contributed by atoms with Crippen LogP contribution in [0.4, 0.5) is 0 Å². The van der Waals surface area contributed by atoms with E-state index in [1.165, 1.54) is 11.8 Å². The molecule has 0 saturated carbocycles. The molecule has 0 aromatic heterocycles. The van der Waals surface area contributed by atoms with Gasteiger partial charge in [0.15, 0.2) is 0 Å². The number of nitrogens with one attached hydrogen (secondary N) is 1. The molecule has 0 bridgehead atoms. The number of para-hydroxylation sites is 1. The number of rotatable bonds is 5. The molecule has 0 aliphatic carbocycles. The van der Waals surface area contributed by atoms with E-state index in [-0.39, 0.29) is 18.2 Å². The molecule has 1 amide bonds. The second-order valence-electron chi connectivity index (χ2n) is 4.75. The fourth-order valence-electron chi connectivity index (χ4n) is 2.36. The lowest BCUT2D eigenvalue weighted by atomic mass is 9.86. The summed E-state index contributed by atoms with van der Waals surface area (Å²) in [5.74, 6) is 1.30. The van der Waals surface area contributed by atoms with Crippen LogP contribution in [0.5, 0.6) is 5.75 Å². The molecule has 1 heterocycles. The number of carbonyl (C=O) groups excluding carboxylic acids is 1. The summed E-state index contributed by atoms with van der Waals surface area (Å²) in [6, 6.07) is 9.83. The van der Waals surface area contributed by atoms with Gasteiger partial charge in [-0.15, -0.1) is 11.8 Å². The highest BCUT2D eigenvalue weighted by atomic mass is 32.2. The molecule has 0 spiro atoms. The normalized spacial score (nSPS) is 18.1. The molecule has 1 aromatic carbocycles. The second kappa shape index (κ2) is 7.19. The largest absolute Gasteiger partial charge is 0.496 e. The Hall–Kier alpha value is -1.93. The van der Waals surface area contributed by atoms with E-state index in [9.17, 15) is 10.1 Å². The van der Waals surface area contributed by atoms with Gasteiger partial charge in [-0.05, 0) is 18.2 Å². The number of hydrogen-bond donors (Lipinski definition) is 1. The number of allylic oxidation sites excluding steroid dienone is 1. The van der Waals surface area contributed by atoms with Crippen LogP contribution >= 0.6 is 11.8 Å². The average Bonchev–Trinajstić information content (AvgIpc) is 2.52. The number of thioether (sulfide) groups is 1. The molecule has 0 fully saturated rings. The van der Waals surface area contributed by atoms with Crippen LogP contribution in [-0.2, 0) is 4.79 Å². The van der Waals surface area contributed by atoms with Gasteiger partial charge in [-0.2, -0.15) is 5.26 Å². The van der Waals surface area contributed by atoms with E-state index in [2.05, 4.69) is 18.3 Å². The smallest absolute Gasteiger partial charge is 0.225 e. The molecule has 21 heavy (non-hydrogen) atoms. The predicted molar refractivity (Wildman–Crippen MR) is 83.9 cm³/mol. The van der Waals surface area contributed by atoms with Crippen molar-refractivity contribution in [3.8, 4) is 11.8 Å². The molecule has 0 radical (unpaired) electrons. The van der Waals surface area contributed by atoms with Gasteiger partial charge in [0.2, 0.25) is 5.91 Å². The van der Waals surface area contributed by atoms with Crippen molar-refractivity contribution in [2.24, 2.45) is 0 Å². The Bertz CT molecular complexity index is 605. The Morgan fingerprint density at radius 1 is 1.48 bits per heavy atom. The minimum absolute atomic E-state index is 0.0523. The zero-order valence-electron chi connectivity index (χ0n) is 12.2. The SMILES string of the molecule is CCCSC1=C(C#N)C(c2ccccc2OC)CC(=O)N1. The molecule has 1 aliphatic rings. The molecular formula is C16H18N2O2S. The van der Waals surface area contributed by atoms with E-state index in [1.54, 1.807) is 7.11 Å². The molecular weight excluding hydrogens is 284 g/mol. The Morgan fingerprint density at radius 2 is 2.24 bits per heavy atom. The van der Waals surface area contributed by atoms with Gasteiger partial charge < -0.3 is 10.1 Å². The molecule has 1 unspecified atom stereocenters. The molecule has 1 atom stereocenters. The highest BCUT2D eigenvalue weighted by Gasteiger charge is 2.31. The topological polar surface area (TPSA) is 62.1 Å². The van der Waals surface area contributed by atoms with Crippen LogP contribution < -0.4 is 10.1 Å². The van der Waals surface area contributed by atoms with Crippen molar-refractivity contribution in [2.45, 2.75) is 25.7 Å². The Kier molecular flexibility index (Phi) is 5.29. The first-order chi connectivity index (χ1) is 10.2. The van der Waals surface area contributed by atoms with Crippen LogP contribution in [0.1, 0.15) is 31.2 Å². The van der Waals surface area contributed by atoms with Crippen LogP contribution in [0.2, 0.25) is 0 Å². The van der Waals surface area contributed by atoms with Gasteiger partial charge in [-0.1, -0.05) is 25.1 Å². The third-order valence-corrected chi connectivity index (χ3v) is 4.54. The number of nitriles is 1. The number of hydrogen-bond acceptors (Lipinski definition) is 4. The van der Waals surface area contributed by atoms with Crippen molar-refractivity contribution in [1.82, 2.24) is 5.32 Å². The van der Waals surface area contributed by atoms with E-state index in [1.807, 2.05) is 24.3 Å². The van der Waals surface area contributed by atoms with Crippen molar-refractivity contribution in [3.05, 3.63) is 40.4 Å². The van der Waals surface area contributed by atoms with Gasteiger partial charge in [-0.25, -0.2) is 0 Å². The standard InChI is InChI=1S/C16H18N2O2S/c1-3-8-21-16-13(10-17)12(9-15(19)18-16)11-6-4-5-7-14(11)20-2/h4-7,12H,3,8-9H2,1-2H3,(H,18,19).